The molecular weight excluding hydrogens is 282 g/mol. The topological polar surface area (TPSA) is 57.6 Å². The molecule has 0 atom stereocenters. The number of nitrogens with zero attached hydrogens (tertiary/aromatic N) is 1. The standard InChI is InChI=1S/C12H9F4NO3/c1-17(2)4-6(12(19)20)11(18)5-3-7(13)9(15)10(16)8(5)14/h3-4H,1-2H3,(H,19,20). The van der Waals surface area contributed by atoms with Crippen LogP contribution in [0.1, 0.15) is 10.4 Å². The Bertz CT molecular complexity index is 611. The highest BCUT2D eigenvalue weighted by molar-refractivity contribution is 6.23. The van der Waals surface area contributed by atoms with E-state index in [4.69, 9.17) is 5.11 Å². The van der Waals surface area contributed by atoms with Crippen LogP contribution in [0.5, 0.6) is 0 Å². The number of halogens is 4. The summed E-state index contributed by atoms with van der Waals surface area (Å²) in [5.74, 6) is -11.2. The molecule has 0 saturated carbocycles. The van der Waals surface area contributed by atoms with Crippen molar-refractivity contribution in [2.45, 2.75) is 0 Å². The van der Waals surface area contributed by atoms with E-state index in [2.05, 4.69) is 0 Å². The lowest BCUT2D eigenvalue weighted by Crippen LogP contribution is -2.19. The molecule has 0 heterocycles. The number of Topliss-reactive ketones (excluding diaryl/α,β-unsaturated/α-hetero) is 1. The molecule has 0 saturated heterocycles. The Morgan fingerprint density at radius 2 is 1.65 bits per heavy atom. The van der Waals surface area contributed by atoms with Crippen molar-refractivity contribution in [3.63, 3.8) is 0 Å². The average molecular weight is 291 g/mol. The van der Waals surface area contributed by atoms with Gasteiger partial charge in [0.1, 0.15) is 5.57 Å². The molecule has 8 heteroatoms. The molecule has 0 aliphatic heterocycles. The number of carboxylic acid groups (broad SMARTS) is 1. The van der Waals surface area contributed by atoms with Gasteiger partial charge in [-0.2, -0.15) is 0 Å². The number of carboxylic acids is 1. The number of hydrogen-bond acceptors (Lipinski definition) is 3. The molecule has 1 aromatic rings. The molecule has 1 aromatic carbocycles. The maximum Gasteiger partial charge on any atom is 0.341 e. The number of carbonyl (C=O) groups is 2. The molecule has 0 bridgehead atoms. The fraction of sp³-hybridized carbons (Fsp3) is 0.167. The van der Waals surface area contributed by atoms with Crippen LogP contribution >= 0.6 is 0 Å². The summed E-state index contributed by atoms with van der Waals surface area (Å²) in [7, 11) is 2.77. The van der Waals surface area contributed by atoms with Crippen LogP contribution in [0.4, 0.5) is 17.6 Å². The number of benzene rings is 1. The van der Waals surface area contributed by atoms with Crippen LogP contribution in [0.25, 0.3) is 0 Å². The van der Waals surface area contributed by atoms with Crippen molar-refractivity contribution in [3.05, 3.63) is 46.7 Å². The molecule has 0 fully saturated rings. The second-order valence-electron chi connectivity index (χ2n) is 3.99. The van der Waals surface area contributed by atoms with Crippen molar-refractivity contribution in [1.82, 2.24) is 4.90 Å². The first kappa shape index (κ1) is 15.7. The van der Waals surface area contributed by atoms with Gasteiger partial charge < -0.3 is 10.0 Å². The minimum absolute atomic E-state index is 0.114. The smallest absolute Gasteiger partial charge is 0.341 e. The summed E-state index contributed by atoms with van der Waals surface area (Å²) in [5, 5.41) is 8.84. The number of hydrogen-bond donors (Lipinski definition) is 1. The van der Waals surface area contributed by atoms with Crippen molar-refractivity contribution < 1.29 is 32.3 Å². The lowest BCUT2D eigenvalue weighted by Gasteiger charge is -2.09. The second kappa shape index (κ2) is 5.72. The van der Waals surface area contributed by atoms with Gasteiger partial charge in [-0.15, -0.1) is 0 Å². The van der Waals surface area contributed by atoms with Gasteiger partial charge in [0, 0.05) is 20.3 Å². The summed E-state index contributed by atoms with van der Waals surface area (Å²) in [6, 6.07) is 0.114. The van der Waals surface area contributed by atoms with E-state index in [0.717, 1.165) is 6.20 Å². The highest BCUT2D eigenvalue weighted by Gasteiger charge is 2.27. The van der Waals surface area contributed by atoms with E-state index in [1.54, 1.807) is 0 Å². The van der Waals surface area contributed by atoms with Gasteiger partial charge in [-0.3, -0.25) is 4.79 Å². The molecule has 0 unspecified atom stereocenters. The first-order valence-electron chi connectivity index (χ1n) is 5.16. The molecule has 108 valence electrons. The molecule has 20 heavy (non-hydrogen) atoms. The number of rotatable bonds is 4. The van der Waals surface area contributed by atoms with E-state index in [0.29, 0.717) is 0 Å². The average Bonchev–Trinajstić information content (AvgIpc) is 2.36. The summed E-state index contributed by atoms with van der Waals surface area (Å²) in [6.45, 7) is 0. The van der Waals surface area contributed by atoms with E-state index in [9.17, 15) is 27.2 Å². The van der Waals surface area contributed by atoms with Crippen LogP contribution in [0.3, 0.4) is 0 Å². The lowest BCUT2D eigenvalue weighted by atomic mass is 10.0. The number of ketones is 1. The molecule has 1 N–H and O–H groups in total. The Kier molecular flexibility index (Phi) is 4.49. The van der Waals surface area contributed by atoms with E-state index >= 15 is 0 Å². The highest BCUT2D eigenvalue weighted by atomic mass is 19.2. The Balaban J connectivity index is 3.45. The van der Waals surface area contributed by atoms with Crippen LogP contribution in [0.15, 0.2) is 17.8 Å². The maximum atomic E-state index is 13.4. The molecule has 0 aliphatic rings. The first-order valence-corrected chi connectivity index (χ1v) is 5.16. The van der Waals surface area contributed by atoms with E-state index in [1.807, 2.05) is 0 Å². The van der Waals surface area contributed by atoms with Gasteiger partial charge in [-0.05, 0) is 6.07 Å². The van der Waals surface area contributed by atoms with Crippen molar-refractivity contribution in [2.75, 3.05) is 14.1 Å². The predicted octanol–water partition coefficient (Wildman–Crippen LogP) is 1.96. The normalized spacial score (nSPS) is 11.4. The van der Waals surface area contributed by atoms with Gasteiger partial charge in [0.25, 0.3) is 0 Å². The Labute approximate surface area is 110 Å². The highest BCUT2D eigenvalue weighted by Crippen LogP contribution is 2.21. The van der Waals surface area contributed by atoms with E-state index in [-0.39, 0.29) is 6.07 Å². The summed E-state index contributed by atoms with van der Waals surface area (Å²) < 4.78 is 52.2. The molecule has 0 spiro atoms. The van der Waals surface area contributed by atoms with Gasteiger partial charge in [-0.1, -0.05) is 0 Å². The van der Waals surface area contributed by atoms with Crippen LogP contribution < -0.4 is 0 Å². The van der Waals surface area contributed by atoms with Crippen LogP contribution in [0.2, 0.25) is 0 Å². The molecular formula is C12H9F4NO3. The third-order valence-electron chi connectivity index (χ3n) is 2.21. The zero-order valence-electron chi connectivity index (χ0n) is 10.4. The molecule has 0 aromatic heterocycles. The number of aliphatic carboxylic acids is 1. The van der Waals surface area contributed by atoms with Crippen molar-refractivity contribution in [1.29, 1.82) is 0 Å². The lowest BCUT2D eigenvalue weighted by molar-refractivity contribution is -0.132. The Morgan fingerprint density at radius 1 is 1.10 bits per heavy atom. The third kappa shape index (κ3) is 2.95. The molecule has 1 rings (SSSR count). The fourth-order valence-electron chi connectivity index (χ4n) is 1.35. The van der Waals surface area contributed by atoms with Gasteiger partial charge >= 0.3 is 5.97 Å². The van der Waals surface area contributed by atoms with Crippen LogP contribution in [0, 0.1) is 23.3 Å². The summed E-state index contributed by atoms with van der Waals surface area (Å²) >= 11 is 0. The first-order chi connectivity index (χ1) is 9.16. The molecule has 0 amide bonds. The summed E-state index contributed by atoms with van der Waals surface area (Å²) in [6.07, 6.45) is 0.837. The second-order valence-corrected chi connectivity index (χ2v) is 3.99. The zero-order chi connectivity index (χ0) is 15.6. The van der Waals surface area contributed by atoms with E-state index < -0.39 is 46.2 Å². The van der Waals surface area contributed by atoms with Gasteiger partial charge in [0.15, 0.2) is 23.3 Å². The zero-order valence-corrected chi connectivity index (χ0v) is 10.4. The fourth-order valence-corrected chi connectivity index (χ4v) is 1.35. The minimum Gasteiger partial charge on any atom is -0.477 e. The SMILES string of the molecule is CN(C)C=C(C(=O)O)C(=O)c1cc(F)c(F)c(F)c1F. The van der Waals surface area contributed by atoms with Crippen molar-refractivity contribution in [2.24, 2.45) is 0 Å². The van der Waals surface area contributed by atoms with E-state index in [1.165, 1.54) is 19.0 Å². The Morgan fingerprint density at radius 3 is 2.10 bits per heavy atom. The van der Waals surface area contributed by atoms with Gasteiger partial charge in [-0.25, -0.2) is 22.4 Å². The Hall–Kier alpha value is -2.38. The van der Waals surface area contributed by atoms with Gasteiger partial charge in [0.05, 0.1) is 5.56 Å². The molecule has 0 radical (unpaired) electrons. The van der Waals surface area contributed by atoms with Crippen LogP contribution in [-0.2, 0) is 4.79 Å². The van der Waals surface area contributed by atoms with Gasteiger partial charge in [0.2, 0.25) is 5.78 Å². The predicted molar refractivity (Wildman–Crippen MR) is 60.0 cm³/mol. The maximum absolute atomic E-state index is 13.4. The third-order valence-corrected chi connectivity index (χ3v) is 2.21. The quantitative estimate of drug-likeness (QED) is 0.175. The monoisotopic (exact) mass is 291 g/mol. The van der Waals surface area contributed by atoms with Crippen molar-refractivity contribution in [3.8, 4) is 0 Å². The summed E-state index contributed by atoms with van der Waals surface area (Å²) in [5.41, 5.74) is -2.11. The summed E-state index contributed by atoms with van der Waals surface area (Å²) in [4.78, 5) is 23.9. The largest absolute Gasteiger partial charge is 0.477 e. The minimum atomic E-state index is -2.18. The van der Waals surface area contributed by atoms with Crippen molar-refractivity contribution >= 4 is 11.8 Å². The number of carbonyl (C=O) groups excluding carboxylic acids is 1. The molecule has 4 nitrogen and oxygen atoms in total. The molecule has 0 aliphatic carbocycles. The van der Waals surface area contributed by atoms with Crippen LogP contribution in [-0.4, -0.2) is 35.9 Å².